The van der Waals surface area contributed by atoms with Gasteiger partial charge in [-0.2, -0.15) is 0 Å². The van der Waals surface area contributed by atoms with E-state index < -0.39 is 0 Å². The topological polar surface area (TPSA) is 70.7 Å². The summed E-state index contributed by atoms with van der Waals surface area (Å²) in [5.41, 5.74) is 2.60. The summed E-state index contributed by atoms with van der Waals surface area (Å²) in [4.78, 5) is 28.3. The second-order valence-corrected chi connectivity index (χ2v) is 8.11. The Morgan fingerprint density at radius 2 is 1.55 bits per heavy atom. The molecule has 1 saturated heterocycles. The predicted octanol–water partition coefficient (Wildman–Crippen LogP) is 4.51. The number of methoxy groups -OCH3 is 1. The molecule has 0 spiro atoms. The van der Waals surface area contributed by atoms with Crippen LogP contribution >= 0.6 is 0 Å². The average molecular weight is 444 g/mol. The van der Waals surface area contributed by atoms with E-state index in [0.717, 1.165) is 13.1 Å². The van der Waals surface area contributed by atoms with Crippen LogP contribution < -0.4 is 15.4 Å². The summed E-state index contributed by atoms with van der Waals surface area (Å²) in [6, 6.07) is 24.3. The highest BCUT2D eigenvalue weighted by Gasteiger charge is 2.24. The summed E-state index contributed by atoms with van der Waals surface area (Å²) in [7, 11) is 1.58. The number of rotatable bonds is 8. The monoisotopic (exact) mass is 443 g/mol. The predicted molar refractivity (Wildman–Crippen MR) is 130 cm³/mol. The second-order valence-electron chi connectivity index (χ2n) is 8.11. The number of nitrogens with zero attached hydrogens (tertiary/aromatic N) is 1. The Kier molecular flexibility index (Phi) is 7.37. The van der Waals surface area contributed by atoms with E-state index in [2.05, 4.69) is 27.7 Å². The van der Waals surface area contributed by atoms with Gasteiger partial charge in [0, 0.05) is 12.1 Å². The number of benzene rings is 3. The van der Waals surface area contributed by atoms with Crippen molar-refractivity contribution in [2.75, 3.05) is 32.1 Å². The first-order chi connectivity index (χ1) is 16.2. The van der Waals surface area contributed by atoms with E-state index in [0.29, 0.717) is 29.1 Å². The molecule has 3 aromatic rings. The fraction of sp³-hybridized carbons (Fsp3) is 0.259. The molecule has 0 aromatic heterocycles. The van der Waals surface area contributed by atoms with Crippen LogP contribution in [0.1, 0.15) is 45.2 Å². The van der Waals surface area contributed by atoms with Gasteiger partial charge in [-0.3, -0.25) is 14.5 Å². The van der Waals surface area contributed by atoms with Gasteiger partial charge in [-0.1, -0.05) is 42.5 Å². The zero-order chi connectivity index (χ0) is 23.0. The van der Waals surface area contributed by atoms with Gasteiger partial charge in [-0.15, -0.1) is 0 Å². The Labute approximate surface area is 194 Å². The molecular formula is C27H29N3O3. The van der Waals surface area contributed by atoms with E-state index in [4.69, 9.17) is 4.74 Å². The number of para-hydroxylation sites is 1. The molecule has 4 rings (SSSR count). The maximum Gasteiger partial charge on any atom is 0.255 e. The molecule has 1 aliphatic heterocycles. The number of ether oxygens (including phenoxy) is 1. The Balaban J connectivity index is 1.46. The van der Waals surface area contributed by atoms with Crippen molar-refractivity contribution in [2.45, 2.75) is 18.9 Å². The largest absolute Gasteiger partial charge is 0.497 e. The number of hydrogen-bond acceptors (Lipinski definition) is 4. The average Bonchev–Trinajstić information content (AvgIpc) is 3.40. The van der Waals surface area contributed by atoms with Gasteiger partial charge in [0.1, 0.15) is 5.75 Å². The van der Waals surface area contributed by atoms with Crippen LogP contribution in [-0.2, 0) is 0 Å². The van der Waals surface area contributed by atoms with Crippen molar-refractivity contribution in [1.29, 1.82) is 0 Å². The molecule has 33 heavy (non-hydrogen) atoms. The lowest BCUT2D eigenvalue weighted by Crippen LogP contribution is -2.37. The van der Waals surface area contributed by atoms with Crippen LogP contribution in [-0.4, -0.2) is 43.5 Å². The number of amides is 2. The Bertz CT molecular complexity index is 1080. The van der Waals surface area contributed by atoms with Crippen molar-refractivity contribution < 1.29 is 14.3 Å². The number of carbonyl (C=O) groups excluding carboxylic acids is 2. The van der Waals surface area contributed by atoms with Crippen LogP contribution in [0, 0.1) is 0 Å². The lowest BCUT2D eigenvalue weighted by atomic mass is 10.1. The third-order valence-corrected chi connectivity index (χ3v) is 5.99. The van der Waals surface area contributed by atoms with Crippen LogP contribution in [0.25, 0.3) is 0 Å². The summed E-state index contributed by atoms with van der Waals surface area (Å²) < 4.78 is 5.14. The second kappa shape index (κ2) is 10.8. The fourth-order valence-electron chi connectivity index (χ4n) is 4.20. The molecular weight excluding hydrogens is 414 g/mol. The molecule has 0 saturated carbocycles. The van der Waals surface area contributed by atoms with Crippen molar-refractivity contribution in [3.05, 3.63) is 95.6 Å². The zero-order valence-corrected chi connectivity index (χ0v) is 18.8. The molecule has 0 aliphatic carbocycles. The minimum atomic E-state index is -0.280. The van der Waals surface area contributed by atoms with E-state index in [-0.39, 0.29) is 17.9 Å². The molecule has 3 aromatic carbocycles. The minimum Gasteiger partial charge on any atom is -0.497 e. The Hall–Kier alpha value is -3.64. The van der Waals surface area contributed by atoms with Crippen LogP contribution in [0.5, 0.6) is 5.75 Å². The molecule has 6 heteroatoms. The SMILES string of the molecule is COc1ccc(C(=O)Nc2ccccc2C(=O)NCC(c2ccccc2)N2CCCC2)cc1. The quantitative estimate of drug-likeness (QED) is 0.537. The van der Waals surface area contributed by atoms with Crippen LogP contribution in [0.2, 0.25) is 0 Å². The number of hydrogen-bond donors (Lipinski definition) is 2. The molecule has 6 nitrogen and oxygen atoms in total. The fourth-order valence-corrected chi connectivity index (χ4v) is 4.20. The normalized spacial score (nSPS) is 14.5. The molecule has 2 amide bonds. The maximum absolute atomic E-state index is 13.1. The molecule has 2 N–H and O–H groups in total. The Morgan fingerprint density at radius 3 is 2.24 bits per heavy atom. The van der Waals surface area contributed by atoms with Gasteiger partial charge in [0.15, 0.2) is 0 Å². The zero-order valence-electron chi connectivity index (χ0n) is 18.8. The highest BCUT2D eigenvalue weighted by molar-refractivity contribution is 6.09. The molecule has 0 bridgehead atoms. The summed E-state index contributed by atoms with van der Waals surface area (Å²) in [5.74, 6) is 0.190. The molecule has 1 aliphatic rings. The number of nitrogens with one attached hydrogen (secondary N) is 2. The van der Waals surface area contributed by atoms with E-state index in [1.807, 2.05) is 18.2 Å². The van der Waals surface area contributed by atoms with Crippen LogP contribution in [0.4, 0.5) is 5.69 Å². The first-order valence-electron chi connectivity index (χ1n) is 11.3. The molecule has 1 heterocycles. The van der Waals surface area contributed by atoms with Crippen molar-refractivity contribution >= 4 is 17.5 Å². The summed E-state index contributed by atoms with van der Waals surface area (Å²) in [6.07, 6.45) is 2.36. The smallest absolute Gasteiger partial charge is 0.255 e. The van der Waals surface area contributed by atoms with Gasteiger partial charge in [0.25, 0.3) is 11.8 Å². The first-order valence-corrected chi connectivity index (χ1v) is 11.3. The number of anilines is 1. The number of likely N-dealkylation sites (tertiary alicyclic amines) is 1. The highest BCUT2D eigenvalue weighted by Crippen LogP contribution is 2.25. The van der Waals surface area contributed by atoms with E-state index in [1.54, 1.807) is 55.6 Å². The number of carbonyl (C=O) groups is 2. The molecule has 1 atom stereocenters. The molecule has 0 radical (unpaired) electrons. The maximum atomic E-state index is 13.1. The van der Waals surface area contributed by atoms with E-state index in [9.17, 15) is 9.59 Å². The lowest BCUT2D eigenvalue weighted by Gasteiger charge is -2.28. The minimum absolute atomic E-state index is 0.124. The molecule has 1 fully saturated rings. The third kappa shape index (κ3) is 5.59. The van der Waals surface area contributed by atoms with Gasteiger partial charge < -0.3 is 15.4 Å². The Morgan fingerprint density at radius 1 is 0.879 bits per heavy atom. The van der Waals surface area contributed by atoms with Gasteiger partial charge >= 0.3 is 0 Å². The summed E-state index contributed by atoms with van der Waals surface area (Å²) in [5, 5.41) is 5.96. The summed E-state index contributed by atoms with van der Waals surface area (Å²) >= 11 is 0. The summed E-state index contributed by atoms with van der Waals surface area (Å²) in [6.45, 7) is 2.57. The van der Waals surface area contributed by atoms with Crippen molar-refractivity contribution in [3.8, 4) is 5.75 Å². The van der Waals surface area contributed by atoms with E-state index in [1.165, 1.54) is 18.4 Å². The molecule has 1 unspecified atom stereocenters. The van der Waals surface area contributed by atoms with Gasteiger partial charge in [0.2, 0.25) is 0 Å². The van der Waals surface area contributed by atoms with Crippen molar-refractivity contribution in [2.24, 2.45) is 0 Å². The van der Waals surface area contributed by atoms with Crippen molar-refractivity contribution in [3.63, 3.8) is 0 Å². The highest BCUT2D eigenvalue weighted by atomic mass is 16.5. The van der Waals surface area contributed by atoms with Crippen molar-refractivity contribution in [1.82, 2.24) is 10.2 Å². The first kappa shape index (κ1) is 22.6. The van der Waals surface area contributed by atoms with Gasteiger partial charge in [0.05, 0.1) is 24.4 Å². The van der Waals surface area contributed by atoms with Gasteiger partial charge in [-0.25, -0.2) is 0 Å². The van der Waals surface area contributed by atoms with Crippen LogP contribution in [0.15, 0.2) is 78.9 Å². The third-order valence-electron chi connectivity index (χ3n) is 5.99. The molecule has 170 valence electrons. The lowest BCUT2D eigenvalue weighted by molar-refractivity contribution is 0.0939. The van der Waals surface area contributed by atoms with Gasteiger partial charge in [-0.05, 0) is 67.9 Å². The van der Waals surface area contributed by atoms with Crippen LogP contribution in [0.3, 0.4) is 0 Å². The standard InChI is InChI=1S/C27H29N3O3/c1-33-22-15-13-21(14-16-22)26(31)29-24-12-6-5-11-23(24)27(32)28-19-25(30-17-7-8-18-30)20-9-3-2-4-10-20/h2-6,9-16,25H,7-8,17-19H2,1H3,(H,28,32)(H,29,31). The van der Waals surface area contributed by atoms with E-state index >= 15 is 0 Å².